The third-order valence-corrected chi connectivity index (χ3v) is 5.61. The zero-order chi connectivity index (χ0) is 22.1. The quantitative estimate of drug-likeness (QED) is 0.309. The average molecular weight is 429 g/mol. The molecule has 1 aromatic rings. The zero-order valence-electron chi connectivity index (χ0n) is 17.6. The van der Waals surface area contributed by atoms with Crippen molar-refractivity contribution >= 4 is 17.8 Å². The lowest BCUT2D eigenvalue weighted by Gasteiger charge is -2.27. The molecule has 0 radical (unpaired) electrons. The number of aliphatic imine (C=N–C) groups is 1. The highest BCUT2D eigenvalue weighted by Crippen LogP contribution is 2.14. The molecule has 0 aliphatic carbocycles. The van der Waals surface area contributed by atoms with Crippen LogP contribution in [0.4, 0.5) is 4.39 Å². The molecule has 3 rings (SSSR count). The van der Waals surface area contributed by atoms with E-state index in [1.807, 2.05) is 17.2 Å². The predicted molar refractivity (Wildman–Crippen MR) is 114 cm³/mol. The summed E-state index contributed by atoms with van der Waals surface area (Å²) in [5, 5.41) is 14.6. The number of carbonyl (C=O) groups is 2. The predicted octanol–water partition coefficient (Wildman–Crippen LogP) is 1.39. The van der Waals surface area contributed by atoms with Crippen molar-refractivity contribution in [1.82, 2.24) is 20.4 Å². The van der Waals surface area contributed by atoms with E-state index in [9.17, 15) is 14.0 Å². The second-order valence-corrected chi connectivity index (χ2v) is 7.89. The number of benzene rings is 1. The van der Waals surface area contributed by atoms with Crippen molar-refractivity contribution in [2.75, 3.05) is 32.7 Å². The normalized spacial score (nSPS) is 19.7. The minimum atomic E-state index is -0.553. The van der Waals surface area contributed by atoms with Crippen LogP contribution < -0.4 is 10.6 Å². The summed E-state index contributed by atoms with van der Waals surface area (Å²) < 4.78 is 13.3. The highest BCUT2D eigenvalue weighted by atomic mass is 19.1. The van der Waals surface area contributed by atoms with E-state index in [4.69, 9.17) is 5.26 Å². The molecule has 0 saturated carbocycles. The maximum absolute atomic E-state index is 13.3. The fraction of sp³-hybridized carbons (Fsp3) is 0.545. The van der Waals surface area contributed by atoms with Crippen molar-refractivity contribution in [2.45, 2.75) is 44.6 Å². The first-order chi connectivity index (χ1) is 15.1. The maximum Gasteiger partial charge on any atom is 0.245 e. The number of nitrogens with one attached hydrogen (secondary N) is 2. The molecule has 2 N–H and O–H groups in total. The molecule has 2 aliphatic rings. The molecule has 0 bridgehead atoms. The lowest BCUT2D eigenvalue weighted by Crippen LogP contribution is -2.52. The highest BCUT2D eigenvalue weighted by molar-refractivity contribution is 5.92. The van der Waals surface area contributed by atoms with Gasteiger partial charge in [0.1, 0.15) is 11.9 Å². The monoisotopic (exact) mass is 428 g/mol. The van der Waals surface area contributed by atoms with Gasteiger partial charge in [0.15, 0.2) is 6.19 Å². The minimum absolute atomic E-state index is 0.00867. The number of hydrogen-bond donors (Lipinski definition) is 2. The summed E-state index contributed by atoms with van der Waals surface area (Å²) in [6, 6.07) is 5.73. The fourth-order valence-corrected chi connectivity index (χ4v) is 3.95. The Morgan fingerprint density at radius 3 is 2.74 bits per heavy atom. The van der Waals surface area contributed by atoms with Gasteiger partial charge in [0, 0.05) is 26.2 Å². The van der Waals surface area contributed by atoms with Crippen LogP contribution >= 0.6 is 0 Å². The highest BCUT2D eigenvalue weighted by Gasteiger charge is 2.30. The summed E-state index contributed by atoms with van der Waals surface area (Å²) >= 11 is 0. The Labute approximate surface area is 182 Å². The van der Waals surface area contributed by atoms with Gasteiger partial charge in [0.05, 0.1) is 6.54 Å². The van der Waals surface area contributed by atoms with Crippen molar-refractivity contribution in [1.29, 1.82) is 5.26 Å². The van der Waals surface area contributed by atoms with E-state index in [-0.39, 0.29) is 30.1 Å². The van der Waals surface area contributed by atoms with Crippen LogP contribution in [0.25, 0.3) is 0 Å². The Balaban J connectivity index is 1.60. The van der Waals surface area contributed by atoms with E-state index in [1.54, 1.807) is 11.0 Å². The van der Waals surface area contributed by atoms with Gasteiger partial charge in [-0.15, -0.1) is 0 Å². The van der Waals surface area contributed by atoms with Crippen LogP contribution in [0.5, 0.6) is 0 Å². The first kappa shape index (κ1) is 22.5. The average Bonchev–Trinajstić information content (AvgIpc) is 3.24. The number of amides is 2. The molecule has 2 fully saturated rings. The van der Waals surface area contributed by atoms with Gasteiger partial charge in [0.2, 0.25) is 17.8 Å². The largest absolute Gasteiger partial charge is 0.344 e. The van der Waals surface area contributed by atoms with E-state index in [0.29, 0.717) is 25.9 Å². The lowest BCUT2D eigenvalue weighted by molar-refractivity contribution is -0.140. The molecule has 2 heterocycles. The Morgan fingerprint density at radius 1 is 1.23 bits per heavy atom. The van der Waals surface area contributed by atoms with Crippen molar-refractivity contribution in [3.63, 3.8) is 0 Å². The zero-order valence-corrected chi connectivity index (χ0v) is 17.6. The van der Waals surface area contributed by atoms with Gasteiger partial charge in [0.25, 0.3) is 0 Å². The SMILES string of the molecule is N#CNC(=NCCc1cccc(F)c1)NC1CCCCN(CC(=O)N2CCCC2)C1=O. The second-order valence-electron chi connectivity index (χ2n) is 7.89. The van der Waals surface area contributed by atoms with E-state index in [2.05, 4.69) is 15.6 Å². The Kier molecular flexibility index (Phi) is 8.21. The molecule has 166 valence electrons. The molecule has 9 heteroatoms. The van der Waals surface area contributed by atoms with E-state index >= 15 is 0 Å². The molecule has 8 nitrogen and oxygen atoms in total. The van der Waals surface area contributed by atoms with Crippen molar-refractivity contribution in [2.24, 2.45) is 4.99 Å². The number of nitrogens with zero attached hydrogens (tertiary/aromatic N) is 4. The van der Waals surface area contributed by atoms with Gasteiger partial charge >= 0.3 is 0 Å². The van der Waals surface area contributed by atoms with Crippen molar-refractivity contribution < 1.29 is 14.0 Å². The number of hydrogen-bond acceptors (Lipinski definition) is 4. The molecule has 2 amide bonds. The molecular formula is C22H29FN6O2. The molecule has 31 heavy (non-hydrogen) atoms. The number of carbonyl (C=O) groups excluding carboxylic acids is 2. The van der Waals surface area contributed by atoms with Crippen LogP contribution in [-0.4, -0.2) is 66.3 Å². The Morgan fingerprint density at radius 2 is 2.00 bits per heavy atom. The molecule has 1 atom stereocenters. The number of nitriles is 1. The Hall–Kier alpha value is -3.15. The smallest absolute Gasteiger partial charge is 0.245 e. The van der Waals surface area contributed by atoms with Gasteiger partial charge in [-0.25, -0.2) is 4.39 Å². The summed E-state index contributed by atoms with van der Waals surface area (Å²) in [7, 11) is 0. The number of rotatable bonds is 6. The molecule has 2 aliphatic heterocycles. The molecule has 2 saturated heterocycles. The lowest BCUT2D eigenvalue weighted by atomic mass is 10.1. The van der Waals surface area contributed by atoms with Gasteiger partial charge in [-0.1, -0.05) is 12.1 Å². The molecule has 0 aromatic heterocycles. The van der Waals surface area contributed by atoms with Crippen LogP contribution in [0.2, 0.25) is 0 Å². The summed E-state index contributed by atoms with van der Waals surface area (Å²) in [4.78, 5) is 33.3. The third kappa shape index (κ3) is 6.67. The Bertz CT molecular complexity index is 847. The van der Waals surface area contributed by atoms with Crippen LogP contribution in [0.3, 0.4) is 0 Å². The van der Waals surface area contributed by atoms with Gasteiger partial charge < -0.3 is 15.1 Å². The van der Waals surface area contributed by atoms with Crippen LogP contribution in [-0.2, 0) is 16.0 Å². The summed E-state index contributed by atoms with van der Waals surface area (Å²) in [6.07, 6.45) is 6.63. The van der Waals surface area contributed by atoms with E-state index < -0.39 is 6.04 Å². The number of guanidine groups is 1. The molecule has 1 aromatic carbocycles. The van der Waals surface area contributed by atoms with Crippen LogP contribution in [0.1, 0.15) is 37.7 Å². The number of likely N-dealkylation sites (tertiary alicyclic amines) is 2. The first-order valence-electron chi connectivity index (χ1n) is 10.8. The number of halogens is 1. The third-order valence-electron chi connectivity index (χ3n) is 5.61. The summed E-state index contributed by atoms with van der Waals surface area (Å²) in [5.41, 5.74) is 0.803. The second kappa shape index (κ2) is 11.3. The van der Waals surface area contributed by atoms with Gasteiger partial charge in [-0.3, -0.25) is 19.9 Å². The summed E-state index contributed by atoms with van der Waals surface area (Å²) in [5.74, 6) is -0.249. The van der Waals surface area contributed by atoms with Crippen LogP contribution in [0, 0.1) is 17.3 Å². The van der Waals surface area contributed by atoms with Gasteiger partial charge in [-0.2, -0.15) is 5.26 Å². The van der Waals surface area contributed by atoms with Crippen molar-refractivity contribution in [3.05, 3.63) is 35.6 Å². The van der Waals surface area contributed by atoms with E-state index in [1.165, 1.54) is 12.1 Å². The minimum Gasteiger partial charge on any atom is -0.344 e. The fourth-order valence-electron chi connectivity index (χ4n) is 3.95. The van der Waals surface area contributed by atoms with E-state index in [0.717, 1.165) is 44.3 Å². The molecular weight excluding hydrogens is 399 g/mol. The standard InChI is InChI=1S/C22H29FN6O2/c23-18-7-5-6-17(14-18)9-10-25-22(26-16-24)27-19-8-1-2-13-29(21(19)31)15-20(30)28-11-3-4-12-28/h5-7,14,19H,1-4,8-13,15H2,(H2,25,26,27). The molecule has 1 unspecified atom stereocenters. The maximum atomic E-state index is 13.3. The van der Waals surface area contributed by atoms with Gasteiger partial charge in [-0.05, 0) is 56.2 Å². The van der Waals surface area contributed by atoms with Crippen molar-refractivity contribution in [3.8, 4) is 6.19 Å². The van der Waals surface area contributed by atoms with Crippen LogP contribution in [0.15, 0.2) is 29.3 Å². The first-order valence-corrected chi connectivity index (χ1v) is 10.8. The topological polar surface area (TPSA) is 101 Å². The summed E-state index contributed by atoms with van der Waals surface area (Å²) in [6.45, 7) is 2.50. The molecule has 0 spiro atoms.